The van der Waals surface area contributed by atoms with E-state index in [-0.39, 0.29) is 23.8 Å². The van der Waals surface area contributed by atoms with Crippen molar-refractivity contribution >= 4 is 0 Å². The highest BCUT2D eigenvalue weighted by molar-refractivity contribution is 4.95. The Balaban J connectivity index is 1.17. The van der Waals surface area contributed by atoms with E-state index in [1.54, 1.807) is 0 Å². The molecule has 0 aromatic carbocycles. The minimum Gasteiger partial charge on any atom is -0.313 e. The predicted molar refractivity (Wildman–Crippen MR) is 127 cm³/mol. The lowest BCUT2D eigenvalue weighted by Crippen LogP contribution is -2.51. The summed E-state index contributed by atoms with van der Waals surface area (Å²) in [6.45, 7) is 5.24. The number of nitrogens with one attached hydrogen (secondary N) is 1. The Morgan fingerprint density at radius 3 is 2.09 bits per heavy atom. The molecule has 8 unspecified atom stereocenters. The van der Waals surface area contributed by atoms with Crippen LogP contribution in [0.3, 0.4) is 0 Å². The molecule has 1 saturated heterocycles. The van der Waals surface area contributed by atoms with E-state index in [1.165, 1.54) is 38.5 Å². The molecular formula is C28H48F3N. The molecular weight excluding hydrogens is 407 g/mol. The van der Waals surface area contributed by atoms with Crippen molar-refractivity contribution in [3.05, 3.63) is 0 Å². The quantitative estimate of drug-likeness (QED) is 0.430. The SMILES string of the molecule is CCC1CCC(C2CCC(CCC3CCC(C4CCC(C)C(F)C4)CC3)[C@H](F)C2F)NC1. The number of halogens is 3. The highest BCUT2D eigenvalue weighted by atomic mass is 19.2. The van der Waals surface area contributed by atoms with Gasteiger partial charge >= 0.3 is 0 Å². The minimum absolute atomic E-state index is 0.0851. The smallest absolute Gasteiger partial charge is 0.136 e. The molecule has 186 valence electrons. The minimum atomic E-state index is -1.29. The van der Waals surface area contributed by atoms with Crippen LogP contribution in [0.25, 0.3) is 0 Å². The fourth-order valence-electron chi connectivity index (χ4n) is 7.72. The molecule has 4 fully saturated rings. The van der Waals surface area contributed by atoms with Crippen molar-refractivity contribution in [2.75, 3.05) is 6.54 Å². The molecule has 32 heavy (non-hydrogen) atoms. The molecule has 0 radical (unpaired) electrons. The zero-order valence-corrected chi connectivity index (χ0v) is 20.6. The molecule has 1 heterocycles. The van der Waals surface area contributed by atoms with Crippen LogP contribution in [-0.2, 0) is 0 Å². The number of hydrogen-bond donors (Lipinski definition) is 1. The van der Waals surface area contributed by atoms with Crippen LogP contribution in [0.15, 0.2) is 0 Å². The standard InChI is InChI=1S/C28H48F3N/c1-3-19-8-15-26(32-17-19)24-14-13-22(27(30)28(24)31)12-7-20-5-10-21(11-6-20)23-9-4-18(2)25(29)16-23/h18-28,32H,3-17H2,1-2H3/t18?,19?,20?,21?,22?,23?,24?,25?,26?,27-,28?/m0/s1. The monoisotopic (exact) mass is 455 g/mol. The van der Waals surface area contributed by atoms with E-state index in [4.69, 9.17) is 0 Å². The van der Waals surface area contributed by atoms with Crippen LogP contribution in [0.5, 0.6) is 0 Å². The van der Waals surface area contributed by atoms with Crippen molar-refractivity contribution in [3.63, 3.8) is 0 Å². The maximum atomic E-state index is 15.1. The molecule has 1 N–H and O–H groups in total. The third kappa shape index (κ3) is 5.87. The van der Waals surface area contributed by atoms with Gasteiger partial charge in [0.05, 0.1) is 0 Å². The van der Waals surface area contributed by atoms with Gasteiger partial charge in [0.2, 0.25) is 0 Å². The molecule has 3 aliphatic carbocycles. The molecule has 4 heteroatoms. The van der Waals surface area contributed by atoms with E-state index in [1.807, 2.05) is 0 Å². The second-order valence-corrected chi connectivity index (χ2v) is 12.2. The summed E-state index contributed by atoms with van der Waals surface area (Å²) in [6.07, 6.45) is 11.7. The van der Waals surface area contributed by atoms with Crippen LogP contribution in [0.2, 0.25) is 0 Å². The summed E-state index contributed by atoms with van der Waals surface area (Å²) >= 11 is 0. The summed E-state index contributed by atoms with van der Waals surface area (Å²) in [5.41, 5.74) is 0. The Bertz CT molecular complexity index is 555. The van der Waals surface area contributed by atoms with Crippen LogP contribution < -0.4 is 5.32 Å². The molecule has 0 aromatic rings. The van der Waals surface area contributed by atoms with E-state index in [0.29, 0.717) is 23.7 Å². The average Bonchev–Trinajstić information content (AvgIpc) is 2.82. The number of hydrogen-bond acceptors (Lipinski definition) is 1. The van der Waals surface area contributed by atoms with Gasteiger partial charge in [-0.05, 0) is 106 Å². The topological polar surface area (TPSA) is 12.0 Å². The summed E-state index contributed by atoms with van der Waals surface area (Å²) in [5, 5.41) is 3.55. The summed E-state index contributed by atoms with van der Waals surface area (Å²) < 4.78 is 44.3. The third-order valence-electron chi connectivity index (χ3n) is 10.3. The van der Waals surface area contributed by atoms with Gasteiger partial charge in [-0.25, -0.2) is 13.2 Å². The highest BCUT2D eigenvalue weighted by Gasteiger charge is 2.44. The second-order valence-electron chi connectivity index (χ2n) is 12.2. The molecule has 0 spiro atoms. The van der Waals surface area contributed by atoms with E-state index < -0.39 is 18.5 Å². The van der Waals surface area contributed by atoms with Gasteiger partial charge in [0, 0.05) is 12.0 Å². The summed E-state index contributed by atoms with van der Waals surface area (Å²) in [6, 6.07) is 0.175. The molecule has 0 amide bonds. The molecule has 1 aliphatic heterocycles. The Hall–Kier alpha value is -0.250. The van der Waals surface area contributed by atoms with Gasteiger partial charge in [0.15, 0.2) is 0 Å². The van der Waals surface area contributed by atoms with E-state index in [2.05, 4.69) is 19.2 Å². The largest absolute Gasteiger partial charge is 0.313 e. The van der Waals surface area contributed by atoms with Crippen LogP contribution in [0.4, 0.5) is 13.2 Å². The van der Waals surface area contributed by atoms with Crippen LogP contribution in [-0.4, -0.2) is 31.1 Å². The van der Waals surface area contributed by atoms with Crippen molar-refractivity contribution in [2.45, 2.75) is 128 Å². The van der Waals surface area contributed by atoms with Crippen molar-refractivity contribution in [1.82, 2.24) is 5.32 Å². The first-order valence-electron chi connectivity index (χ1n) is 14.1. The number of rotatable bonds is 6. The van der Waals surface area contributed by atoms with E-state index >= 15 is 8.78 Å². The van der Waals surface area contributed by atoms with Crippen LogP contribution >= 0.6 is 0 Å². The van der Waals surface area contributed by atoms with Crippen LogP contribution in [0.1, 0.15) is 104 Å². The Morgan fingerprint density at radius 2 is 1.44 bits per heavy atom. The molecule has 3 saturated carbocycles. The van der Waals surface area contributed by atoms with Gasteiger partial charge in [0.1, 0.15) is 18.5 Å². The Kier molecular flexibility index (Phi) is 8.90. The Labute approximate surface area is 195 Å². The highest BCUT2D eigenvalue weighted by Crippen LogP contribution is 2.45. The predicted octanol–water partition coefficient (Wildman–Crippen LogP) is 7.83. The lowest BCUT2D eigenvalue weighted by molar-refractivity contribution is -0.00384. The maximum absolute atomic E-state index is 15.1. The van der Waals surface area contributed by atoms with Crippen molar-refractivity contribution in [2.24, 2.45) is 41.4 Å². The van der Waals surface area contributed by atoms with Gasteiger partial charge < -0.3 is 5.32 Å². The summed E-state index contributed by atoms with van der Waals surface area (Å²) in [4.78, 5) is 0. The fraction of sp³-hybridized carbons (Fsp3) is 1.00. The molecule has 4 rings (SSSR count). The maximum Gasteiger partial charge on any atom is 0.136 e. The van der Waals surface area contributed by atoms with Gasteiger partial charge in [-0.2, -0.15) is 0 Å². The van der Waals surface area contributed by atoms with Gasteiger partial charge in [-0.15, -0.1) is 0 Å². The first-order valence-corrected chi connectivity index (χ1v) is 14.1. The lowest BCUT2D eigenvalue weighted by atomic mass is 9.67. The molecule has 9 atom stereocenters. The van der Waals surface area contributed by atoms with Gasteiger partial charge in [-0.1, -0.05) is 39.5 Å². The lowest BCUT2D eigenvalue weighted by Gasteiger charge is -2.42. The molecule has 1 nitrogen and oxygen atoms in total. The third-order valence-corrected chi connectivity index (χ3v) is 10.3. The zero-order valence-electron chi connectivity index (χ0n) is 20.6. The first kappa shape index (κ1) is 24.9. The Morgan fingerprint density at radius 1 is 0.719 bits per heavy atom. The molecule has 0 aromatic heterocycles. The fourth-order valence-corrected chi connectivity index (χ4v) is 7.72. The number of alkyl halides is 3. The van der Waals surface area contributed by atoms with E-state index in [0.717, 1.165) is 57.9 Å². The zero-order chi connectivity index (χ0) is 22.7. The summed E-state index contributed by atoms with van der Waals surface area (Å²) in [7, 11) is 0. The van der Waals surface area contributed by atoms with E-state index in [9.17, 15) is 4.39 Å². The van der Waals surface area contributed by atoms with Crippen molar-refractivity contribution in [3.8, 4) is 0 Å². The summed E-state index contributed by atoms with van der Waals surface area (Å²) in [5.74, 6) is 2.69. The van der Waals surface area contributed by atoms with Crippen molar-refractivity contribution in [1.29, 1.82) is 0 Å². The van der Waals surface area contributed by atoms with Gasteiger partial charge in [0.25, 0.3) is 0 Å². The average molecular weight is 456 g/mol. The van der Waals surface area contributed by atoms with Crippen LogP contribution in [0, 0.1) is 41.4 Å². The molecule has 4 aliphatic rings. The molecule has 0 bridgehead atoms. The number of piperidine rings is 1. The normalized spacial score (nSPS) is 48.5. The second kappa shape index (κ2) is 11.5. The van der Waals surface area contributed by atoms with Crippen molar-refractivity contribution < 1.29 is 13.2 Å². The first-order chi connectivity index (χ1) is 15.5. The van der Waals surface area contributed by atoms with Gasteiger partial charge in [-0.3, -0.25) is 0 Å².